The minimum absolute atomic E-state index is 0.447. The first-order valence-electron chi connectivity index (χ1n) is 7.98. The van der Waals surface area contributed by atoms with E-state index in [0.29, 0.717) is 12.6 Å². The molecule has 2 aromatic carbocycles. The van der Waals surface area contributed by atoms with Gasteiger partial charge in [0.1, 0.15) is 5.75 Å². The Hall–Kier alpha value is -0.840. The smallest absolute Gasteiger partial charge is 0.138 e. The topological polar surface area (TPSA) is 21.3 Å². The number of ether oxygens (including phenoxy) is 1. The zero-order valence-electron chi connectivity index (χ0n) is 13.6. The molecule has 23 heavy (non-hydrogen) atoms. The van der Waals surface area contributed by atoms with E-state index in [-0.39, 0.29) is 0 Å². The molecular weight excluding hydrogens is 418 g/mol. The van der Waals surface area contributed by atoms with Crippen molar-refractivity contribution in [1.29, 1.82) is 0 Å². The first-order chi connectivity index (χ1) is 11.1. The molecule has 0 saturated heterocycles. The van der Waals surface area contributed by atoms with Gasteiger partial charge in [0.25, 0.3) is 0 Å². The fourth-order valence-electron chi connectivity index (χ4n) is 2.47. The highest BCUT2D eigenvalue weighted by atomic mass is 79.9. The molecule has 0 aliphatic carbocycles. The third-order valence-electron chi connectivity index (χ3n) is 3.72. The Labute approximate surface area is 155 Å². The van der Waals surface area contributed by atoms with E-state index in [2.05, 4.69) is 80.5 Å². The number of rotatable bonds is 8. The third kappa shape index (κ3) is 5.94. The van der Waals surface area contributed by atoms with Gasteiger partial charge in [0.15, 0.2) is 0 Å². The summed E-state index contributed by atoms with van der Waals surface area (Å²) in [5.74, 6) is 0.929. The van der Waals surface area contributed by atoms with Crippen molar-refractivity contribution in [2.45, 2.75) is 39.3 Å². The lowest BCUT2D eigenvalue weighted by molar-refractivity contribution is 0.332. The van der Waals surface area contributed by atoms with Gasteiger partial charge in [0.05, 0.1) is 11.1 Å². The van der Waals surface area contributed by atoms with Crippen molar-refractivity contribution in [3.63, 3.8) is 0 Å². The van der Waals surface area contributed by atoms with Crippen molar-refractivity contribution in [3.8, 4) is 5.75 Å². The minimum atomic E-state index is 0.447. The lowest BCUT2D eigenvalue weighted by Gasteiger charge is -2.17. The average Bonchev–Trinajstić information content (AvgIpc) is 2.54. The molecule has 1 N–H and O–H groups in total. The van der Waals surface area contributed by atoms with Crippen LogP contribution in [0.5, 0.6) is 5.75 Å². The van der Waals surface area contributed by atoms with Crippen LogP contribution in [0.4, 0.5) is 0 Å². The molecule has 0 spiro atoms. The summed E-state index contributed by atoms with van der Waals surface area (Å²) in [6.07, 6.45) is 2.21. The van der Waals surface area contributed by atoms with Crippen molar-refractivity contribution < 1.29 is 4.74 Å². The van der Waals surface area contributed by atoms with Gasteiger partial charge in [0, 0.05) is 22.6 Å². The summed E-state index contributed by atoms with van der Waals surface area (Å²) in [4.78, 5) is 0. The quantitative estimate of drug-likeness (QED) is 0.566. The number of hydrogen-bond acceptors (Lipinski definition) is 2. The van der Waals surface area contributed by atoms with Crippen LogP contribution in [0.3, 0.4) is 0 Å². The first-order valence-corrected chi connectivity index (χ1v) is 9.56. The zero-order valence-corrected chi connectivity index (χ0v) is 16.8. The molecule has 2 aromatic rings. The van der Waals surface area contributed by atoms with Crippen LogP contribution in [0.25, 0.3) is 0 Å². The molecule has 1 atom stereocenters. The standard InChI is InChI=1S/C19H23Br2NO/c1-3-23-19-16(11-17(20)12-18(19)21)13-22-14(2)9-10-15-7-5-4-6-8-15/h4-8,11-12,14,22H,3,9-10,13H2,1-2H3/t14-/m0/s1. The number of halogens is 2. The van der Waals surface area contributed by atoms with Crippen LogP contribution >= 0.6 is 31.9 Å². The lowest BCUT2D eigenvalue weighted by Crippen LogP contribution is -2.26. The summed E-state index contributed by atoms with van der Waals surface area (Å²) >= 11 is 7.14. The maximum Gasteiger partial charge on any atom is 0.138 e. The summed E-state index contributed by atoms with van der Waals surface area (Å²) in [6, 6.07) is 15.2. The predicted octanol–water partition coefficient (Wildman–Crippen LogP) is 5.72. The second kappa shape index (κ2) is 9.45. The highest BCUT2D eigenvalue weighted by molar-refractivity contribution is 9.11. The van der Waals surface area contributed by atoms with Crippen molar-refractivity contribution in [2.24, 2.45) is 0 Å². The second-order valence-electron chi connectivity index (χ2n) is 5.62. The van der Waals surface area contributed by atoms with E-state index in [1.807, 2.05) is 13.0 Å². The van der Waals surface area contributed by atoms with Crippen LogP contribution in [-0.4, -0.2) is 12.6 Å². The van der Waals surface area contributed by atoms with E-state index in [4.69, 9.17) is 4.74 Å². The molecular formula is C19H23Br2NO. The van der Waals surface area contributed by atoms with Gasteiger partial charge in [-0.25, -0.2) is 0 Å². The Morgan fingerprint density at radius 2 is 1.87 bits per heavy atom. The van der Waals surface area contributed by atoms with Gasteiger partial charge in [-0.15, -0.1) is 0 Å². The third-order valence-corrected chi connectivity index (χ3v) is 4.77. The van der Waals surface area contributed by atoms with Crippen LogP contribution in [0.2, 0.25) is 0 Å². The summed E-state index contributed by atoms with van der Waals surface area (Å²) in [5, 5.41) is 3.60. The Morgan fingerprint density at radius 3 is 2.57 bits per heavy atom. The van der Waals surface area contributed by atoms with E-state index in [1.165, 1.54) is 11.1 Å². The van der Waals surface area contributed by atoms with Crippen molar-refractivity contribution in [3.05, 3.63) is 62.5 Å². The molecule has 2 nitrogen and oxygen atoms in total. The van der Waals surface area contributed by atoms with Gasteiger partial charge in [-0.1, -0.05) is 46.3 Å². The Balaban J connectivity index is 1.92. The molecule has 0 bridgehead atoms. The Kier molecular flexibility index (Phi) is 7.60. The highest BCUT2D eigenvalue weighted by Crippen LogP contribution is 2.33. The van der Waals surface area contributed by atoms with Crippen molar-refractivity contribution in [2.75, 3.05) is 6.61 Å². The maximum atomic E-state index is 5.78. The van der Waals surface area contributed by atoms with E-state index in [9.17, 15) is 0 Å². The molecule has 4 heteroatoms. The number of aryl methyl sites for hydroxylation is 1. The van der Waals surface area contributed by atoms with Crippen LogP contribution in [0.15, 0.2) is 51.4 Å². The van der Waals surface area contributed by atoms with Crippen LogP contribution < -0.4 is 10.1 Å². The molecule has 0 radical (unpaired) electrons. The summed E-state index contributed by atoms with van der Waals surface area (Å²) in [5.41, 5.74) is 2.56. The summed E-state index contributed by atoms with van der Waals surface area (Å²) in [7, 11) is 0. The lowest BCUT2D eigenvalue weighted by atomic mass is 10.1. The number of benzene rings is 2. The summed E-state index contributed by atoms with van der Waals surface area (Å²) < 4.78 is 7.82. The molecule has 0 heterocycles. The van der Waals surface area contributed by atoms with Crippen LogP contribution in [-0.2, 0) is 13.0 Å². The van der Waals surface area contributed by atoms with E-state index < -0.39 is 0 Å². The number of nitrogens with one attached hydrogen (secondary N) is 1. The zero-order chi connectivity index (χ0) is 16.7. The Bertz CT molecular complexity index is 616. The molecule has 0 aromatic heterocycles. The van der Waals surface area contributed by atoms with Gasteiger partial charge in [0.2, 0.25) is 0 Å². The first kappa shape index (κ1) is 18.5. The van der Waals surface area contributed by atoms with Gasteiger partial charge in [-0.05, 0) is 60.3 Å². The fraction of sp³-hybridized carbons (Fsp3) is 0.368. The van der Waals surface area contributed by atoms with E-state index >= 15 is 0 Å². The highest BCUT2D eigenvalue weighted by Gasteiger charge is 2.11. The van der Waals surface area contributed by atoms with Crippen molar-refractivity contribution in [1.82, 2.24) is 5.32 Å². The van der Waals surface area contributed by atoms with E-state index in [0.717, 1.165) is 34.1 Å². The molecule has 0 aliphatic rings. The van der Waals surface area contributed by atoms with E-state index in [1.54, 1.807) is 0 Å². The molecule has 0 saturated carbocycles. The molecule has 0 fully saturated rings. The molecule has 0 amide bonds. The Morgan fingerprint density at radius 1 is 1.13 bits per heavy atom. The van der Waals surface area contributed by atoms with Gasteiger partial charge >= 0.3 is 0 Å². The van der Waals surface area contributed by atoms with Gasteiger partial charge < -0.3 is 10.1 Å². The second-order valence-corrected chi connectivity index (χ2v) is 7.39. The van der Waals surface area contributed by atoms with Crippen LogP contribution in [0, 0.1) is 0 Å². The maximum absolute atomic E-state index is 5.78. The van der Waals surface area contributed by atoms with Gasteiger partial charge in [-0.3, -0.25) is 0 Å². The van der Waals surface area contributed by atoms with Crippen molar-refractivity contribution >= 4 is 31.9 Å². The normalized spacial score (nSPS) is 12.2. The molecule has 2 rings (SSSR count). The SMILES string of the molecule is CCOc1c(Br)cc(Br)cc1CN[C@@H](C)CCc1ccccc1. The number of hydrogen-bond donors (Lipinski definition) is 1. The molecule has 124 valence electrons. The van der Waals surface area contributed by atoms with Gasteiger partial charge in [-0.2, -0.15) is 0 Å². The summed E-state index contributed by atoms with van der Waals surface area (Å²) in [6.45, 7) is 5.70. The predicted molar refractivity (Wildman–Crippen MR) is 104 cm³/mol. The molecule has 0 aliphatic heterocycles. The minimum Gasteiger partial charge on any atom is -0.492 e. The van der Waals surface area contributed by atoms with Crippen LogP contribution in [0.1, 0.15) is 31.4 Å². The molecule has 0 unspecified atom stereocenters. The monoisotopic (exact) mass is 439 g/mol. The average molecular weight is 441 g/mol. The largest absolute Gasteiger partial charge is 0.492 e. The fourth-order valence-corrected chi connectivity index (χ4v) is 3.89.